The lowest BCUT2D eigenvalue weighted by Gasteiger charge is -2.28. The van der Waals surface area contributed by atoms with E-state index in [0.717, 1.165) is 30.1 Å². The Hall–Kier alpha value is -2.57. The van der Waals surface area contributed by atoms with Crippen LogP contribution in [0.25, 0.3) is 0 Å². The summed E-state index contributed by atoms with van der Waals surface area (Å²) in [5, 5.41) is 5.54. The molecule has 0 unspecified atom stereocenters. The van der Waals surface area contributed by atoms with Gasteiger partial charge in [0.15, 0.2) is 0 Å². The van der Waals surface area contributed by atoms with Crippen LogP contribution in [0.4, 0.5) is 16.2 Å². The zero-order valence-corrected chi connectivity index (χ0v) is 17.7. The summed E-state index contributed by atoms with van der Waals surface area (Å²) in [6.45, 7) is 7.72. The van der Waals surface area contributed by atoms with Gasteiger partial charge in [-0.25, -0.2) is 4.79 Å². The Kier molecular flexibility index (Phi) is 6.45. The van der Waals surface area contributed by atoms with Crippen LogP contribution in [0.2, 0.25) is 0 Å². The molecule has 1 atom stereocenters. The van der Waals surface area contributed by atoms with E-state index >= 15 is 0 Å². The van der Waals surface area contributed by atoms with Crippen molar-refractivity contribution < 1.29 is 14.4 Å². The fourth-order valence-corrected chi connectivity index (χ4v) is 3.89. The minimum absolute atomic E-state index is 0.282. The maximum Gasteiger partial charge on any atom is 0.325 e. The van der Waals surface area contributed by atoms with E-state index < -0.39 is 11.6 Å². The molecule has 0 saturated carbocycles. The summed E-state index contributed by atoms with van der Waals surface area (Å²) < 4.78 is 0. The van der Waals surface area contributed by atoms with E-state index in [2.05, 4.69) is 29.4 Å². The summed E-state index contributed by atoms with van der Waals surface area (Å²) in [6.07, 6.45) is 5.09. The van der Waals surface area contributed by atoms with Gasteiger partial charge in [-0.15, -0.1) is 0 Å². The molecule has 0 aliphatic carbocycles. The summed E-state index contributed by atoms with van der Waals surface area (Å²) in [7, 11) is 0. The van der Waals surface area contributed by atoms with Gasteiger partial charge in [-0.3, -0.25) is 14.5 Å². The van der Waals surface area contributed by atoms with Gasteiger partial charge in [0, 0.05) is 24.5 Å². The number of amides is 4. The standard InChI is InChI=1S/C22H32N4O3/c1-16(2)11-12-22(3)20(28)26(21(29)24-22)15-19(27)23-17-7-9-18(10-8-17)25-13-5-4-6-14-25/h7-10,16H,4-6,11-15H2,1-3H3,(H,23,27)(H,24,29)/t22-/m0/s1. The molecule has 2 aliphatic heterocycles. The normalized spacial score (nSPS) is 22.2. The van der Waals surface area contributed by atoms with Gasteiger partial charge in [0.25, 0.3) is 5.91 Å². The second-order valence-corrected chi connectivity index (χ2v) is 8.73. The van der Waals surface area contributed by atoms with E-state index in [0.29, 0.717) is 18.0 Å². The van der Waals surface area contributed by atoms with Crippen LogP contribution in [-0.2, 0) is 9.59 Å². The van der Waals surface area contributed by atoms with Crippen molar-refractivity contribution in [2.75, 3.05) is 29.9 Å². The van der Waals surface area contributed by atoms with Crippen molar-refractivity contribution >= 4 is 29.2 Å². The monoisotopic (exact) mass is 400 g/mol. The van der Waals surface area contributed by atoms with E-state index in [9.17, 15) is 14.4 Å². The van der Waals surface area contributed by atoms with Crippen LogP contribution in [0, 0.1) is 5.92 Å². The second kappa shape index (κ2) is 8.84. The van der Waals surface area contributed by atoms with Gasteiger partial charge in [-0.05, 0) is 69.2 Å². The first-order valence-electron chi connectivity index (χ1n) is 10.6. The molecule has 0 radical (unpaired) electrons. The Labute approximate surface area is 172 Å². The zero-order valence-electron chi connectivity index (χ0n) is 17.7. The lowest BCUT2D eigenvalue weighted by Crippen LogP contribution is -2.44. The predicted octanol–water partition coefficient (Wildman–Crippen LogP) is 3.36. The average Bonchev–Trinajstić information content (AvgIpc) is 2.91. The molecule has 1 aromatic rings. The Morgan fingerprint density at radius 2 is 1.79 bits per heavy atom. The minimum atomic E-state index is -0.933. The second-order valence-electron chi connectivity index (χ2n) is 8.73. The molecule has 4 amide bonds. The quantitative estimate of drug-likeness (QED) is 0.688. The first-order valence-corrected chi connectivity index (χ1v) is 10.6. The molecule has 158 valence electrons. The zero-order chi connectivity index (χ0) is 21.0. The van der Waals surface area contributed by atoms with Crippen LogP contribution in [-0.4, -0.2) is 47.9 Å². The third-order valence-corrected chi connectivity index (χ3v) is 5.74. The molecule has 0 aromatic heterocycles. The minimum Gasteiger partial charge on any atom is -0.372 e. The Morgan fingerprint density at radius 1 is 1.14 bits per heavy atom. The highest BCUT2D eigenvalue weighted by Crippen LogP contribution is 2.25. The number of carbonyl (C=O) groups excluding carboxylic acids is 3. The highest BCUT2D eigenvalue weighted by atomic mass is 16.2. The number of rotatable bonds is 7. The lowest BCUT2D eigenvalue weighted by molar-refractivity contribution is -0.133. The van der Waals surface area contributed by atoms with Gasteiger partial charge in [0.2, 0.25) is 5.91 Å². The molecule has 3 rings (SSSR count). The van der Waals surface area contributed by atoms with E-state index in [-0.39, 0.29) is 18.4 Å². The smallest absolute Gasteiger partial charge is 0.325 e. The van der Waals surface area contributed by atoms with Crippen molar-refractivity contribution in [2.24, 2.45) is 5.92 Å². The number of anilines is 2. The summed E-state index contributed by atoms with van der Waals surface area (Å²) in [4.78, 5) is 40.8. The number of nitrogens with zero attached hydrogens (tertiary/aromatic N) is 2. The molecule has 7 heteroatoms. The van der Waals surface area contributed by atoms with Crippen molar-refractivity contribution in [3.05, 3.63) is 24.3 Å². The van der Waals surface area contributed by atoms with Gasteiger partial charge >= 0.3 is 6.03 Å². The maximum absolute atomic E-state index is 12.7. The van der Waals surface area contributed by atoms with Crippen molar-refractivity contribution in [1.82, 2.24) is 10.2 Å². The summed E-state index contributed by atoms with van der Waals surface area (Å²) >= 11 is 0. The number of nitrogens with one attached hydrogen (secondary N) is 2. The number of imide groups is 1. The van der Waals surface area contributed by atoms with Crippen LogP contribution in [0.3, 0.4) is 0 Å². The third kappa shape index (κ3) is 5.08. The highest BCUT2D eigenvalue weighted by Gasteiger charge is 2.47. The largest absolute Gasteiger partial charge is 0.372 e. The van der Waals surface area contributed by atoms with Gasteiger partial charge < -0.3 is 15.5 Å². The molecule has 2 heterocycles. The van der Waals surface area contributed by atoms with E-state index in [1.807, 2.05) is 24.3 Å². The van der Waals surface area contributed by atoms with Crippen LogP contribution in [0.15, 0.2) is 24.3 Å². The Morgan fingerprint density at radius 3 is 2.41 bits per heavy atom. The van der Waals surface area contributed by atoms with Crippen molar-refractivity contribution in [1.29, 1.82) is 0 Å². The molecule has 29 heavy (non-hydrogen) atoms. The van der Waals surface area contributed by atoms with Crippen LogP contribution >= 0.6 is 0 Å². The number of piperidine rings is 1. The third-order valence-electron chi connectivity index (χ3n) is 5.74. The number of urea groups is 1. The molecule has 2 aliphatic rings. The average molecular weight is 401 g/mol. The fourth-order valence-electron chi connectivity index (χ4n) is 3.89. The summed E-state index contributed by atoms with van der Waals surface area (Å²) in [6, 6.07) is 7.22. The number of carbonyl (C=O) groups is 3. The fraction of sp³-hybridized carbons (Fsp3) is 0.591. The first kappa shape index (κ1) is 21.1. The topological polar surface area (TPSA) is 81.8 Å². The SMILES string of the molecule is CC(C)CC[C@]1(C)NC(=O)N(CC(=O)Nc2ccc(N3CCCCC3)cc2)C1=O. The number of benzene rings is 1. The van der Waals surface area contributed by atoms with Gasteiger partial charge in [0.1, 0.15) is 12.1 Å². The van der Waals surface area contributed by atoms with E-state index in [1.165, 1.54) is 19.3 Å². The maximum atomic E-state index is 12.7. The molecule has 7 nitrogen and oxygen atoms in total. The summed E-state index contributed by atoms with van der Waals surface area (Å²) in [5.41, 5.74) is 0.876. The van der Waals surface area contributed by atoms with E-state index in [1.54, 1.807) is 6.92 Å². The molecule has 0 bridgehead atoms. The predicted molar refractivity (Wildman–Crippen MR) is 114 cm³/mol. The van der Waals surface area contributed by atoms with E-state index in [4.69, 9.17) is 0 Å². The first-order chi connectivity index (χ1) is 13.8. The van der Waals surface area contributed by atoms with Crippen molar-refractivity contribution in [3.63, 3.8) is 0 Å². The van der Waals surface area contributed by atoms with Gasteiger partial charge in [0.05, 0.1) is 0 Å². The van der Waals surface area contributed by atoms with Crippen LogP contribution in [0.1, 0.15) is 52.9 Å². The Balaban J connectivity index is 1.56. The molecule has 2 N–H and O–H groups in total. The number of hydrogen-bond donors (Lipinski definition) is 2. The Bertz CT molecular complexity index is 756. The highest BCUT2D eigenvalue weighted by molar-refractivity contribution is 6.09. The molecule has 2 fully saturated rings. The van der Waals surface area contributed by atoms with Crippen molar-refractivity contribution in [2.45, 2.75) is 58.4 Å². The molecule has 0 spiro atoms. The molecule has 1 aromatic carbocycles. The molecular weight excluding hydrogens is 368 g/mol. The van der Waals surface area contributed by atoms with Gasteiger partial charge in [-0.1, -0.05) is 13.8 Å². The number of hydrogen-bond acceptors (Lipinski definition) is 4. The van der Waals surface area contributed by atoms with Crippen LogP contribution in [0.5, 0.6) is 0 Å². The lowest BCUT2D eigenvalue weighted by atomic mass is 9.92. The molecular formula is C22H32N4O3. The van der Waals surface area contributed by atoms with Crippen LogP contribution < -0.4 is 15.5 Å². The summed E-state index contributed by atoms with van der Waals surface area (Å²) in [5.74, 6) is -0.284. The molecule has 2 saturated heterocycles. The van der Waals surface area contributed by atoms with Gasteiger partial charge in [-0.2, -0.15) is 0 Å². The van der Waals surface area contributed by atoms with Crippen molar-refractivity contribution in [3.8, 4) is 0 Å².